The maximum atomic E-state index is 6.55. The van der Waals surface area contributed by atoms with Crippen LogP contribution in [-0.2, 0) is 5.41 Å². The van der Waals surface area contributed by atoms with Crippen LogP contribution in [0.2, 0.25) is 0 Å². The highest BCUT2D eigenvalue weighted by atomic mass is 16.3. The van der Waals surface area contributed by atoms with Gasteiger partial charge in [0.1, 0.15) is 11.2 Å². The lowest BCUT2D eigenvalue weighted by Gasteiger charge is -2.45. The van der Waals surface area contributed by atoms with Gasteiger partial charge in [-0.3, -0.25) is 0 Å². The van der Waals surface area contributed by atoms with Crippen LogP contribution in [0.4, 0.5) is 34.1 Å². The molecule has 0 bridgehead atoms. The minimum Gasteiger partial charge on any atom is -0.455 e. The summed E-state index contributed by atoms with van der Waals surface area (Å²) in [6.07, 6.45) is 0. The Morgan fingerprint density at radius 2 is 0.843 bits per heavy atom. The molecule has 0 saturated carbocycles. The van der Waals surface area contributed by atoms with Crippen LogP contribution in [-0.4, -0.2) is 0 Å². The molecule has 2 aliphatic rings. The monoisotopic (exact) mass is 892 g/mol. The molecule has 1 spiro atoms. The third kappa shape index (κ3) is 6.01. The van der Waals surface area contributed by atoms with Crippen LogP contribution >= 0.6 is 0 Å². The molecule has 2 heterocycles. The van der Waals surface area contributed by atoms with Crippen molar-refractivity contribution in [1.82, 2.24) is 0 Å². The van der Waals surface area contributed by atoms with Crippen LogP contribution in [0.15, 0.2) is 271 Å². The molecule has 328 valence electrons. The Kier molecular flexibility index (Phi) is 9.11. The Labute approximate surface area is 407 Å². The first-order valence-corrected chi connectivity index (χ1v) is 24.1. The molecule has 0 atom stereocenters. The highest BCUT2D eigenvalue weighted by Crippen LogP contribution is 2.64. The van der Waals surface area contributed by atoms with E-state index >= 15 is 0 Å². The molecule has 3 heteroatoms. The third-order valence-corrected chi connectivity index (χ3v) is 14.7. The summed E-state index contributed by atoms with van der Waals surface area (Å²) in [7, 11) is 0. The Morgan fingerprint density at radius 1 is 0.329 bits per heavy atom. The maximum Gasteiger partial charge on any atom is 0.143 e. The van der Waals surface area contributed by atoms with Gasteiger partial charge in [0.05, 0.1) is 22.5 Å². The van der Waals surface area contributed by atoms with E-state index in [0.717, 1.165) is 66.9 Å². The van der Waals surface area contributed by atoms with Crippen molar-refractivity contribution in [2.75, 3.05) is 9.80 Å². The van der Waals surface area contributed by atoms with Crippen LogP contribution < -0.4 is 9.80 Å². The lowest BCUT2D eigenvalue weighted by Crippen LogP contribution is -2.36. The van der Waals surface area contributed by atoms with Gasteiger partial charge in [-0.2, -0.15) is 0 Å². The standard InChI is InChI=1S/C67H44N2O/c1-3-18-45(19-4-1)46-34-36-47(37-35-46)52-22-8-13-30-62(52)68(50-40-38-48(39-41-50)53-25-17-26-57-56-24-9-16-33-65(56)70-66(53)57)51-42-43-55-54-23-7-10-27-58(54)67(61(55)44-51)59-28-11-14-31-63(59)69(49-20-5-2-6-21-49)64-32-15-12-29-60(64)67/h1-44H. The number of furan rings is 1. The molecule has 0 N–H and O–H groups in total. The van der Waals surface area contributed by atoms with E-state index in [1.54, 1.807) is 0 Å². The van der Waals surface area contributed by atoms with E-state index in [9.17, 15) is 0 Å². The predicted octanol–water partition coefficient (Wildman–Crippen LogP) is 18.2. The van der Waals surface area contributed by atoms with E-state index in [2.05, 4.69) is 271 Å². The molecule has 0 radical (unpaired) electrons. The lowest BCUT2D eigenvalue weighted by molar-refractivity contribution is 0.670. The zero-order valence-electron chi connectivity index (χ0n) is 38.2. The summed E-state index contributed by atoms with van der Waals surface area (Å²) in [5.41, 5.74) is 22.3. The molecule has 1 aliphatic carbocycles. The average molecular weight is 893 g/mol. The normalized spacial score (nSPS) is 12.9. The molecule has 70 heavy (non-hydrogen) atoms. The van der Waals surface area contributed by atoms with E-state index in [0.29, 0.717) is 0 Å². The van der Waals surface area contributed by atoms with Crippen LogP contribution in [0.3, 0.4) is 0 Å². The van der Waals surface area contributed by atoms with Crippen molar-refractivity contribution in [1.29, 1.82) is 0 Å². The highest BCUT2D eigenvalue weighted by molar-refractivity contribution is 6.09. The minimum atomic E-state index is -0.603. The summed E-state index contributed by atoms with van der Waals surface area (Å²) >= 11 is 0. The molecule has 11 aromatic carbocycles. The molecule has 0 saturated heterocycles. The fraction of sp³-hybridized carbons (Fsp3) is 0.0149. The summed E-state index contributed by atoms with van der Waals surface area (Å²) < 4.78 is 6.55. The Balaban J connectivity index is 0.986. The van der Waals surface area contributed by atoms with E-state index in [-0.39, 0.29) is 0 Å². The second kappa shape index (κ2) is 16.0. The first-order chi connectivity index (χ1) is 34.7. The van der Waals surface area contributed by atoms with Gasteiger partial charge in [0, 0.05) is 39.0 Å². The summed E-state index contributed by atoms with van der Waals surface area (Å²) in [4.78, 5) is 4.90. The smallest absolute Gasteiger partial charge is 0.143 e. The molecule has 0 unspecified atom stereocenters. The van der Waals surface area contributed by atoms with Gasteiger partial charge in [-0.15, -0.1) is 0 Å². The van der Waals surface area contributed by atoms with E-state index in [1.807, 2.05) is 6.07 Å². The zero-order chi connectivity index (χ0) is 46.2. The largest absolute Gasteiger partial charge is 0.455 e. The molecule has 0 amide bonds. The summed E-state index contributed by atoms with van der Waals surface area (Å²) in [6.45, 7) is 0. The summed E-state index contributed by atoms with van der Waals surface area (Å²) in [5.74, 6) is 0. The van der Waals surface area contributed by atoms with Crippen LogP contribution in [0.1, 0.15) is 22.3 Å². The Morgan fingerprint density at radius 3 is 1.60 bits per heavy atom. The van der Waals surface area contributed by atoms with Crippen molar-refractivity contribution in [3.8, 4) is 44.5 Å². The lowest BCUT2D eigenvalue weighted by atomic mass is 9.64. The highest BCUT2D eigenvalue weighted by Gasteiger charge is 2.51. The van der Waals surface area contributed by atoms with Crippen molar-refractivity contribution >= 4 is 56.1 Å². The van der Waals surface area contributed by atoms with Crippen molar-refractivity contribution < 1.29 is 4.42 Å². The number of nitrogens with zero attached hydrogens (tertiary/aromatic N) is 2. The van der Waals surface area contributed by atoms with Crippen LogP contribution in [0.5, 0.6) is 0 Å². The summed E-state index contributed by atoms with van der Waals surface area (Å²) in [5, 5.41) is 2.25. The van der Waals surface area contributed by atoms with E-state index in [4.69, 9.17) is 4.42 Å². The molecule has 1 aromatic heterocycles. The van der Waals surface area contributed by atoms with Crippen molar-refractivity contribution in [3.63, 3.8) is 0 Å². The number of rotatable bonds is 7. The van der Waals surface area contributed by atoms with Gasteiger partial charge >= 0.3 is 0 Å². The maximum absolute atomic E-state index is 6.55. The first-order valence-electron chi connectivity index (χ1n) is 24.1. The fourth-order valence-corrected chi connectivity index (χ4v) is 11.7. The number of para-hydroxylation sites is 6. The average Bonchev–Trinajstić information content (AvgIpc) is 3.96. The van der Waals surface area contributed by atoms with Gasteiger partial charge in [0.15, 0.2) is 0 Å². The Bertz CT molecular complexity index is 3900. The van der Waals surface area contributed by atoms with Crippen molar-refractivity contribution in [3.05, 3.63) is 289 Å². The molecular weight excluding hydrogens is 849 g/mol. The second-order valence-electron chi connectivity index (χ2n) is 18.4. The molecule has 1 aliphatic heterocycles. The number of benzene rings is 11. The number of anilines is 6. The van der Waals surface area contributed by atoms with Gasteiger partial charge in [0.2, 0.25) is 0 Å². The van der Waals surface area contributed by atoms with Gasteiger partial charge in [-0.25, -0.2) is 0 Å². The fourth-order valence-electron chi connectivity index (χ4n) is 11.7. The van der Waals surface area contributed by atoms with Gasteiger partial charge in [0.25, 0.3) is 0 Å². The van der Waals surface area contributed by atoms with Crippen LogP contribution in [0, 0.1) is 0 Å². The minimum absolute atomic E-state index is 0.603. The van der Waals surface area contributed by atoms with E-state index < -0.39 is 5.41 Å². The number of hydrogen-bond donors (Lipinski definition) is 0. The third-order valence-electron chi connectivity index (χ3n) is 14.7. The van der Waals surface area contributed by atoms with Crippen molar-refractivity contribution in [2.45, 2.75) is 5.41 Å². The second-order valence-corrected chi connectivity index (χ2v) is 18.4. The van der Waals surface area contributed by atoms with Gasteiger partial charge in [-0.1, -0.05) is 206 Å². The molecular formula is C67H44N2O. The quantitative estimate of drug-likeness (QED) is 0.159. The SMILES string of the molecule is c1ccc(-c2ccc(-c3ccccc3N(c3ccc(-c4cccc5c4oc4ccccc45)cc3)c3ccc4c(c3)C3(c5ccccc5-4)c4ccccc4N(c4ccccc4)c4ccccc43)cc2)cc1. The topological polar surface area (TPSA) is 19.6 Å². The molecule has 0 fully saturated rings. The Hall–Kier alpha value is -9.18. The van der Waals surface area contributed by atoms with Gasteiger partial charge < -0.3 is 14.2 Å². The predicted molar refractivity (Wildman–Crippen MR) is 290 cm³/mol. The molecule has 14 rings (SSSR count). The first kappa shape index (κ1) is 39.9. The van der Waals surface area contributed by atoms with Crippen molar-refractivity contribution in [2.24, 2.45) is 0 Å². The van der Waals surface area contributed by atoms with Gasteiger partial charge in [-0.05, 0) is 116 Å². The van der Waals surface area contributed by atoms with E-state index in [1.165, 1.54) is 55.9 Å². The van der Waals surface area contributed by atoms with Crippen LogP contribution in [0.25, 0.3) is 66.4 Å². The zero-order valence-corrected chi connectivity index (χ0v) is 38.2. The number of hydrogen-bond acceptors (Lipinski definition) is 3. The number of fused-ring (bicyclic) bond motifs is 12. The molecule has 3 nitrogen and oxygen atoms in total. The molecule has 12 aromatic rings. The summed E-state index contributed by atoms with van der Waals surface area (Å²) in [6, 6.07) is 97.4.